The minimum absolute atomic E-state index is 0.00251. The van der Waals surface area contributed by atoms with Gasteiger partial charge in [-0.05, 0) is 118 Å². The normalized spacial score (nSPS) is 24.8. The third kappa shape index (κ3) is 14.3. The molecular formula is C61H87N7O10. The maximum Gasteiger partial charge on any atom is 0.253 e. The first-order chi connectivity index (χ1) is 37.3. The molecular weight excluding hydrogens is 991 g/mol. The van der Waals surface area contributed by atoms with E-state index in [1.807, 2.05) is 77.2 Å². The lowest BCUT2D eigenvalue weighted by Crippen LogP contribution is -2.60. The topological polar surface area (TPSA) is 204 Å². The van der Waals surface area contributed by atoms with Crippen molar-refractivity contribution in [2.75, 3.05) is 46.7 Å². The standard InChI is InChI=1S/C61H87N7O10/c1-10-38(4)55(66(7)61(76)54(37(2)3)64-60(75)56-44-24-27-47(32-44)65(56)6)50(77-8)34-53(72)67-30-14-17-48(67)57(78-9)39(5)49(69)33-45(31-40-15-12-11-13-16-40)59(74)63-46-25-20-41(21-26-46)35-62-58(73)43-22-18-42(19-23-43)36-68-51(70)28-29-52(68)71/h11-13,15-16,20-21,25-26,28-29,37-39,42-45,47-48,50,54-57H,10,14,17-19,22-24,27,30-36H2,1-9H3,(H,62,73)(H,63,74)(H,64,75)/t38-,39-,42?,43?,44-,45+,47-,48-,50+,54-,55-,56-,57+/m0/s1. The molecule has 2 aromatic carbocycles. The number of carbonyl (C=O) groups excluding carboxylic acids is 8. The van der Waals surface area contributed by atoms with Gasteiger partial charge in [0.2, 0.25) is 29.5 Å². The minimum Gasteiger partial charge on any atom is -0.379 e. The van der Waals surface area contributed by atoms with Gasteiger partial charge in [-0.3, -0.25) is 48.2 Å². The van der Waals surface area contributed by atoms with E-state index >= 15 is 0 Å². The van der Waals surface area contributed by atoms with Crippen LogP contribution in [0.3, 0.4) is 0 Å². The molecule has 5 aliphatic rings. The first kappa shape index (κ1) is 59.9. The van der Waals surface area contributed by atoms with Crippen molar-refractivity contribution in [2.24, 2.45) is 41.4 Å². The largest absolute Gasteiger partial charge is 0.379 e. The molecule has 3 N–H and O–H groups in total. The number of imide groups is 1. The molecule has 2 bridgehead atoms. The molecule has 3 aliphatic heterocycles. The second-order valence-corrected chi connectivity index (χ2v) is 23.5. The summed E-state index contributed by atoms with van der Waals surface area (Å²) in [4.78, 5) is 116. The van der Waals surface area contributed by atoms with Crippen LogP contribution in [-0.2, 0) is 60.8 Å². The molecule has 0 aromatic heterocycles. The fourth-order valence-corrected chi connectivity index (χ4v) is 13.3. The van der Waals surface area contributed by atoms with Gasteiger partial charge in [0.1, 0.15) is 11.8 Å². The third-order valence-corrected chi connectivity index (χ3v) is 18.1. The van der Waals surface area contributed by atoms with Crippen molar-refractivity contribution >= 4 is 52.8 Å². The molecule has 0 spiro atoms. The Morgan fingerprint density at radius 1 is 0.795 bits per heavy atom. The number of benzene rings is 2. The van der Waals surface area contributed by atoms with Crippen LogP contribution in [-0.4, -0.2) is 151 Å². The molecule has 2 saturated carbocycles. The van der Waals surface area contributed by atoms with Gasteiger partial charge in [-0.15, -0.1) is 0 Å². The van der Waals surface area contributed by atoms with Gasteiger partial charge in [0.15, 0.2) is 0 Å². The zero-order valence-electron chi connectivity index (χ0n) is 47.6. The van der Waals surface area contributed by atoms with Gasteiger partial charge in [0.25, 0.3) is 11.8 Å². The van der Waals surface area contributed by atoms with Crippen LogP contribution in [0.1, 0.15) is 123 Å². The number of hydrogen-bond acceptors (Lipinski definition) is 11. The van der Waals surface area contributed by atoms with E-state index in [0.29, 0.717) is 69.4 Å². The Bertz CT molecular complexity index is 2440. The molecule has 17 nitrogen and oxygen atoms in total. The van der Waals surface area contributed by atoms with E-state index in [2.05, 4.69) is 27.8 Å². The summed E-state index contributed by atoms with van der Waals surface area (Å²) >= 11 is 0. The highest BCUT2D eigenvalue weighted by Crippen LogP contribution is 2.41. The van der Waals surface area contributed by atoms with Crippen LogP contribution in [0.25, 0.3) is 0 Å². The maximum absolute atomic E-state index is 14.6. The Balaban J connectivity index is 0.946. The Morgan fingerprint density at radius 2 is 1.47 bits per heavy atom. The second-order valence-electron chi connectivity index (χ2n) is 23.5. The molecule has 4 fully saturated rings. The zero-order chi connectivity index (χ0) is 56.4. The summed E-state index contributed by atoms with van der Waals surface area (Å²) in [7, 11) is 6.89. The number of ketones is 1. The third-order valence-electron chi connectivity index (χ3n) is 18.1. The van der Waals surface area contributed by atoms with Gasteiger partial charge in [-0.2, -0.15) is 0 Å². The molecule has 11 atom stereocenters. The number of likely N-dealkylation sites (N-methyl/N-ethyl adjacent to an activating group) is 2. The van der Waals surface area contributed by atoms with Crippen molar-refractivity contribution in [3.63, 3.8) is 0 Å². The number of hydrogen-bond donors (Lipinski definition) is 3. The smallest absolute Gasteiger partial charge is 0.253 e. The predicted molar refractivity (Wildman–Crippen MR) is 297 cm³/mol. The summed E-state index contributed by atoms with van der Waals surface area (Å²) in [5.74, 6) is -2.83. The van der Waals surface area contributed by atoms with Crippen LogP contribution in [0.5, 0.6) is 0 Å². The quantitative estimate of drug-likeness (QED) is 0.0888. The molecule has 17 heteroatoms. The first-order valence-electron chi connectivity index (χ1n) is 28.7. The molecule has 0 unspecified atom stereocenters. The number of rotatable bonds is 26. The first-order valence-corrected chi connectivity index (χ1v) is 28.7. The summed E-state index contributed by atoms with van der Waals surface area (Å²) < 4.78 is 12.3. The lowest BCUT2D eigenvalue weighted by Gasteiger charge is -2.41. The molecule has 2 aliphatic carbocycles. The van der Waals surface area contributed by atoms with E-state index < -0.39 is 42.2 Å². The number of Topliss-reactive ketones (excluding diaryl/α,β-unsaturated/α-hetero) is 1. The van der Waals surface area contributed by atoms with E-state index in [1.54, 1.807) is 43.2 Å². The van der Waals surface area contributed by atoms with Gasteiger partial charge in [0.05, 0.1) is 36.8 Å². The van der Waals surface area contributed by atoms with Crippen molar-refractivity contribution in [3.8, 4) is 0 Å². The van der Waals surface area contributed by atoms with Crippen molar-refractivity contribution in [2.45, 2.75) is 167 Å². The van der Waals surface area contributed by atoms with Crippen LogP contribution >= 0.6 is 0 Å². The number of nitrogens with one attached hydrogen (secondary N) is 3. The number of fused-ring (bicyclic) bond motifs is 2. The van der Waals surface area contributed by atoms with Crippen molar-refractivity contribution in [1.82, 2.24) is 30.2 Å². The summed E-state index contributed by atoms with van der Waals surface area (Å²) in [5.41, 5.74) is 2.32. The zero-order valence-corrected chi connectivity index (χ0v) is 47.6. The fraction of sp³-hybridized carbons (Fsp3) is 0.639. The number of amides is 7. The number of nitrogens with zero attached hydrogens (tertiary/aromatic N) is 4. The minimum atomic E-state index is -0.754. The Morgan fingerprint density at radius 3 is 2.08 bits per heavy atom. The van der Waals surface area contributed by atoms with Crippen LogP contribution in [0, 0.1) is 41.4 Å². The summed E-state index contributed by atoms with van der Waals surface area (Å²) in [6.45, 7) is 11.0. The average molecular weight is 1080 g/mol. The molecule has 2 saturated heterocycles. The van der Waals surface area contributed by atoms with Crippen molar-refractivity contribution in [3.05, 3.63) is 77.9 Å². The van der Waals surface area contributed by atoms with Gasteiger partial charge < -0.3 is 35.2 Å². The number of methoxy groups -OCH3 is 2. The lowest BCUT2D eigenvalue weighted by atomic mass is 9.81. The Hall–Kier alpha value is -5.78. The molecule has 78 heavy (non-hydrogen) atoms. The number of piperidine rings is 1. The molecule has 2 aromatic rings. The lowest BCUT2D eigenvalue weighted by molar-refractivity contribution is -0.148. The predicted octanol–water partition coefficient (Wildman–Crippen LogP) is 6.33. The Kier molecular flexibility index (Phi) is 21.0. The van der Waals surface area contributed by atoms with Gasteiger partial charge in [-0.1, -0.05) is 83.5 Å². The highest BCUT2D eigenvalue weighted by atomic mass is 16.5. The molecule has 7 rings (SSSR count). The number of carbonyl (C=O) groups is 8. The van der Waals surface area contributed by atoms with E-state index in [9.17, 15) is 38.4 Å². The average Bonchev–Trinajstić information content (AvgIpc) is 4.28. The molecule has 3 heterocycles. The van der Waals surface area contributed by atoms with E-state index in [0.717, 1.165) is 49.7 Å². The van der Waals surface area contributed by atoms with Gasteiger partial charge in [0, 0.05) is 89.0 Å². The van der Waals surface area contributed by atoms with Gasteiger partial charge >= 0.3 is 0 Å². The number of anilines is 1. The van der Waals surface area contributed by atoms with E-state index in [1.165, 1.54) is 17.1 Å². The summed E-state index contributed by atoms with van der Waals surface area (Å²) in [6, 6.07) is 15.4. The molecule has 426 valence electrons. The van der Waals surface area contributed by atoms with Crippen molar-refractivity contribution < 1.29 is 47.8 Å². The van der Waals surface area contributed by atoms with Crippen molar-refractivity contribution in [1.29, 1.82) is 0 Å². The van der Waals surface area contributed by atoms with Crippen LogP contribution in [0.4, 0.5) is 5.69 Å². The van der Waals surface area contributed by atoms with Crippen LogP contribution in [0.15, 0.2) is 66.7 Å². The highest BCUT2D eigenvalue weighted by molar-refractivity contribution is 6.12. The van der Waals surface area contributed by atoms with Crippen LogP contribution in [0.2, 0.25) is 0 Å². The van der Waals surface area contributed by atoms with Crippen LogP contribution < -0.4 is 16.0 Å². The SMILES string of the molecule is CC[C@H](C)[C@@H]([C@@H](CC(=O)N1CCC[C@H]1[C@H](OC)[C@@H](C)C(=O)C[C@@H](Cc1ccccc1)C(=O)Nc1ccc(CNC(=O)C2CCC(CN3C(=O)C=CC3=O)CC2)cc1)OC)N(C)C(=O)[C@@H](NC(=O)[C@@H]1[C@H]2CC[C@@H](C2)N1C)C(C)C. The summed E-state index contributed by atoms with van der Waals surface area (Å²) in [5, 5.41) is 9.23. The number of ether oxygens (including phenoxy) is 2. The molecule has 0 radical (unpaired) electrons. The number of likely N-dealkylation sites (tertiary alicyclic amines) is 2. The van der Waals surface area contributed by atoms with E-state index in [4.69, 9.17) is 9.47 Å². The highest BCUT2D eigenvalue weighted by Gasteiger charge is 2.49. The maximum atomic E-state index is 14.6. The second kappa shape index (κ2) is 27.4. The van der Waals surface area contributed by atoms with E-state index in [-0.39, 0.29) is 89.7 Å². The molecule has 7 amide bonds. The summed E-state index contributed by atoms with van der Waals surface area (Å²) in [6.07, 6.45) is 9.62. The van der Waals surface area contributed by atoms with Gasteiger partial charge in [-0.25, -0.2) is 0 Å². The monoisotopic (exact) mass is 1080 g/mol. The Labute approximate surface area is 462 Å². The fourth-order valence-electron chi connectivity index (χ4n) is 13.3.